The highest BCUT2D eigenvalue weighted by molar-refractivity contribution is 7.84. The van der Waals surface area contributed by atoms with E-state index in [2.05, 4.69) is 5.32 Å². The van der Waals surface area contributed by atoms with Crippen molar-refractivity contribution >= 4 is 16.7 Å². The van der Waals surface area contributed by atoms with Crippen molar-refractivity contribution in [2.45, 2.75) is 18.9 Å². The van der Waals surface area contributed by atoms with Gasteiger partial charge in [-0.15, -0.1) is 0 Å². The number of nitrogens with one attached hydrogen (secondary N) is 1. The van der Waals surface area contributed by atoms with Crippen molar-refractivity contribution in [3.63, 3.8) is 0 Å². The lowest BCUT2D eigenvalue weighted by atomic mass is 10.1. The molecule has 2 atom stereocenters. The molecule has 0 bridgehead atoms. The van der Waals surface area contributed by atoms with Crippen molar-refractivity contribution < 1.29 is 19.2 Å². The van der Waals surface area contributed by atoms with Gasteiger partial charge in [0, 0.05) is 29.4 Å². The van der Waals surface area contributed by atoms with Gasteiger partial charge in [0.1, 0.15) is 0 Å². The first-order valence-corrected chi connectivity index (χ1v) is 7.97. The third-order valence-corrected chi connectivity index (χ3v) is 3.60. The summed E-state index contributed by atoms with van der Waals surface area (Å²) in [5.41, 5.74) is 6.43. The minimum absolute atomic E-state index is 0.209. The molecule has 1 rings (SSSR count). The van der Waals surface area contributed by atoms with Crippen LogP contribution in [0, 0.1) is 0 Å². The van der Waals surface area contributed by atoms with E-state index in [1.54, 1.807) is 12.3 Å². The summed E-state index contributed by atoms with van der Waals surface area (Å²) in [4.78, 5) is 11.7. The number of carbonyl (C=O) groups excluding carboxylic acids is 1. The summed E-state index contributed by atoms with van der Waals surface area (Å²) in [6, 6.07) is 3.60. The van der Waals surface area contributed by atoms with Crippen LogP contribution in [0.3, 0.4) is 0 Å². The van der Waals surface area contributed by atoms with Crippen LogP contribution in [0.1, 0.15) is 12.0 Å². The molecule has 20 heavy (non-hydrogen) atoms. The quantitative estimate of drug-likeness (QED) is 0.413. The zero-order valence-electron chi connectivity index (χ0n) is 11.3. The Balaban J connectivity index is 2.41. The van der Waals surface area contributed by atoms with Gasteiger partial charge in [-0.3, -0.25) is 9.00 Å². The molecular formula is C13H20N2O4S. The molecular weight excluding hydrogens is 280 g/mol. The Morgan fingerprint density at radius 2 is 2.10 bits per heavy atom. The van der Waals surface area contributed by atoms with Crippen LogP contribution in [0.15, 0.2) is 18.2 Å². The number of benzene rings is 1. The summed E-state index contributed by atoms with van der Waals surface area (Å²) in [5.74, 6) is -0.194. The molecule has 0 radical (unpaired) electrons. The Morgan fingerprint density at radius 3 is 2.70 bits per heavy atom. The first kappa shape index (κ1) is 16.5. The van der Waals surface area contributed by atoms with Gasteiger partial charge < -0.3 is 21.3 Å². The number of aromatic hydroxyl groups is 2. The summed E-state index contributed by atoms with van der Waals surface area (Å²) in [6.07, 6.45) is 2.52. The number of nitrogens with two attached hydrogens (primary N) is 1. The van der Waals surface area contributed by atoms with Crippen molar-refractivity contribution in [3.8, 4) is 11.5 Å². The Morgan fingerprint density at radius 1 is 1.40 bits per heavy atom. The third-order valence-electron chi connectivity index (χ3n) is 2.74. The van der Waals surface area contributed by atoms with Gasteiger partial charge in [-0.2, -0.15) is 0 Å². The lowest BCUT2D eigenvalue weighted by Crippen LogP contribution is -2.42. The predicted molar refractivity (Wildman–Crippen MR) is 78.0 cm³/mol. The number of amides is 1. The third kappa shape index (κ3) is 5.58. The molecule has 0 fully saturated rings. The molecule has 1 aromatic rings. The predicted octanol–water partition coefficient (Wildman–Crippen LogP) is -0.148. The summed E-state index contributed by atoms with van der Waals surface area (Å²) in [5, 5.41) is 21.2. The van der Waals surface area contributed by atoms with E-state index in [0.717, 1.165) is 0 Å². The largest absolute Gasteiger partial charge is 0.504 e. The smallest absolute Gasteiger partial charge is 0.237 e. The summed E-state index contributed by atoms with van der Waals surface area (Å²) in [6.45, 7) is 0.437. The van der Waals surface area contributed by atoms with Gasteiger partial charge in [-0.25, -0.2) is 0 Å². The maximum absolute atomic E-state index is 11.7. The fourth-order valence-electron chi connectivity index (χ4n) is 1.66. The van der Waals surface area contributed by atoms with Crippen LogP contribution < -0.4 is 11.1 Å². The second-order valence-electron chi connectivity index (χ2n) is 4.56. The minimum Gasteiger partial charge on any atom is -0.504 e. The number of phenolic OH excluding ortho intramolecular Hbond substituents is 2. The van der Waals surface area contributed by atoms with Crippen LogP contribution in [0.25, 0.3) is 0 Å². The van der Waals surface area contributed by atoms with E-state index in [1.165, 1.54) is 12.1 Å². The maximum Gasteiger partial charge on any atom is 0.237 e. The fraction of sp³-hybridized carbons (Fsp3) is 0.462. The van der Waals surface area contributed by atoms with Gasteiger partial charge in [0.15, 0.2) is 11.5 Å². The van der Waals surface area contributed by atoms with Crippen molar-refractivity contribution in [1.29, 1.82) is 0 Å². The standard InChI is InChI=1S/C13H20N2O4S/c1-20(19)6-2-5-15-13(18)10(14)7-9-3-4-11(16)12(17)8-9/h3-4,8,10,16-17H,2,5-7,14H2,1H3,(H,15,18)/t10-,20?/m0/s1. The molecule has 0 spiro atoms. The van der Waals surface area contributed by atoms with Gasteiger partial charge in [0.05, 0.1) is 6.04 Å². The summed E-state index contributed by atoms with van der Waals surface area (Å²) >= 11 is 0. The number of carbonyl (C=O) groups is 1. The van der Waals surface area contributed by atoms with E-state index >= 15 is 0 Å². The van der Waals surface area contributed by atoms with Crippen LogP contribution in [0.4, 0.5) is 0 Å². The first-order valence-electron chi connectivity index (χ1n) is 6.24. The van der Waals surface area contributed by atoms with Crippen LogP contribution in [0.2, 0.25) is 0 Å². The highest BCUT2D eigenvalue weighted by Crippen LogP contribution is 2.25. The monoisotopic (exact) mass is 300 g/mol. The van der Waals surface area contributed by atoms with E-state index in [-0.39, 0.29) is 23.8 Å². The lowest BCUT2D eigenvalue weighted by molar-refractivity contribution is -0.122. The molecule has 0 saturated carbocycles. The summed E-state index contributed by atoms with van der Waals surface area (Å²) < 4.78 is 10.9. The zero-order valence-corrected chi connectivity index (χ0v) is 12.2. The minimum atomic E-state index is -0.861. The second-order valence-corrected chi connectivity index (χ2v) is 6.11. The average molecular weight is 300 g/mol. The van der Waals surface area contributed by atoms with Crippen molar-refractivity contribution in [2.24, 2.45) is 5.73 Å². The molecule has 0 saturated heterocycles. The van der Waals surface area contributed by atoms with Crippen LogP contribution in [-0.4, -0.2) is 44.9 Å². The van der Waals surface area contributed by atoms with E-state index in [0.29, 0.717) is 24.3 Å². The van der Waals surface area contributed by atoms with Gasteiger partial charge in [-0.05, 0) is 30.5 Å². The van der Waals surface area contributed by atoms with Gasteiger partial charge in [0.2, 0.25) is 5.91 Å². The van der Waals surface area contributed by atoms with Crippen molar-refractivity contribution in [2.75, 3.05) is 18.6 Å². The molecule has 0 aliphatic rings. The fourth-order valence-corrected chi connectivity index (χ4v) is 2.21. The Bertz CT molecular complexity index is 493. The van der Waals surface area contributed by atoms with E-state index in [4.69, 9.17) is 5.73 Å². The molecule has 5 N–H and O–H groups in total. The molecule has 112 valence electrons. The van der Waals surface area contributed by atoms with E-state index in [9.17, 15) is 19.2 Å². The molecule has 1 aromatic carbocycles. The van der Waals surface area contributed by atoms with Crippen LogP contribution in [0.5, 0.6) is 11.5 Å². The van der Waals surface area contributed by atoms with E-state index in [1.807, 2.05) is 0 Å². The number of rotatable bonds is 7. The zero-order chi connectivity index (χ0) is 15.1. The Kier molecular flexibility index (Phi) is 6.47. The van der Waals surface area contributed by atoms with Gasteiger partial charge in [-0.1, -0.05) is 6.07 Å². The molecule has 0 aromatic heterocycles. The maximum atomic E-state index is 11.7. The van der Waals surface area contributed by atoms with Gasteiger partial charge >= 0.3 is 0 Å². The molecule has 1 unspecified atom stereocenters. The highest BCUT2D eigenvalue weighted by Gasteiger charge is 2.14. The number of hydrogen-bond donors (Lipinski definition) is 4. The Labute approximate surface area is 120 Å². The van der Waals surface area contributed by atoms with Gasteiger partial charge in [0.25, 0.3) is 0 Å². The Hall–Kier alpha value is -1.60. The van der Waals surface area contributed by atoms with Crippen LogP contribution >= 0.6 is 0 Å². The first-order chi connectivity index (χ1) is 9.40. The normalized spacial score (nSPS) is 13.7. The highest BCUT2D eigenvalue weighted by atomic mass is 32.2. The molecule has 1 amide bonds. The molecule has 0 aliphatic carbocycles. The molecule has 7 heteroatoms. The second kappa shape index (κ2) is 7.86. The van der Waals surface area contributed by atoms with Crippen LogP contribution in [-0.2, 0) is 22.0 Å². The van der Waals surface area contributed by atoms with Crippen molar-refractivity contribution in [3.05, 3.63) is 23.8 Å². The van der Waals surface area contributed by atoms with Crippen molar-refractivity contribution in [1.82, 2.24) is 5.32 Å². The number of phenols is 2. The van der Waals surface area contributed by atoms with E-state index < -0.39 is 16.8 Å². The topological polar surface area (TPSA) is 113 Å². The molecule has 0 heterocycles. The number of hydrogen-bond acceptors (Lipinski definition) is 5. The lowest BCUT2D eigenvalue weighted by Gasteiger charge is -2.12. The average Bonchev–Trinajstić information content (AvgIpc) is 2.38. The SMILES string of the molecule is CS(=O)CCCNC(=O)[C@@H](N)Cc1ccc(O)c(O)c1. The molecule has 0 aliphatic heterocycles. The molecule has 6 nitrogen and oxygen atoms in total. The summed E-state index contributed by atoms with van der Waals surface area (Å²) in [7, 11) is -0.861.